The number of hydrogen-bond acceptors (Lipinski definition) is 5. The number of H-pyrrole nitrogens is 2. The standard InChI is InChI=1S/C20H15FN4O.2C2HF3O2/c21-16-6-2-1-5-15(16)13-23-20(26)19-24-18(14-8-10-22-11-9-14)17-7-3-4-12-25(17)19;2*3-2(4,5)1(6)7/h1-12H,13H2,(H,23,26);2*(H,6,7). The highest BCUT2D eigenvalue weighted by molar-refractivity contribution is 5.91. The highest BCUT2D eigenvalue weighted by Gasteiger charge is 2.29. The lowest BCUT2D eigenvalue weighted by molar-refractivity contribution is -0.513. The largest absolute Gasteiger partial charge is 0.542 e. The summed E-state index contributed by atoms with van der Waals surface area (Å²) in [5.74, 6) is -6.26. The van der Waals surface area contributed by atoms with Gasteiger partial charge in [-0.15, -0.1) is 0 Å². The fraction of sp³-hybridized carbons (Fsp3) is 0.125. The Labute approximate surface area is 219 Å². The Kier molecular flexibility index (Phi) is 10.3. The lowest BCUT2D eigenvalue weighted by atomic mass is 10.2. The van der Waals surface area contributed by atoms with Gasteiger partial charge < -0.3 is 25.1 Å². The summed E-state index contributed by atoms with van der Waals surface area (Å²) in [6, 6.07) is 16.0. The van der Waals surface area contributed by atoms with Crippen LogP contribution in [0.3, 0.4) is 0 Å². The van der Waals surface area contributed by atoms with Crippen LogP contribution in [0.1, 0.15) is 16.2 Å². The number of carbonyl (C=O) groups excluding carboxylic acids is 3. The average molecular weight is 574 g/mol. The number of benzene rings is 1. The van der Waals surface area contributed by atoms with Crippen molar-refractivity contribution in [3.63, 3.8) is 0 Å². The molecule has 0 radical (unpaired) electrons. The molecule has 9 nitrogen and oxygen atoms in total. The van der Waals surface area contributed by atoms with Gasteiger partial charge >= 0.3 is 24.1 Å². The second-order valence-corrected chi connectivity index (χ2v) is 7.44. The minimum absolute atomic E-state index is 0.120. The van der Waals surface area contributed by atoms with E-state index in [1.165, 1.54) is 6.07 Å². The number of alkyl halides is 6. The van der Waals surface area contributed by atoms with Crippen LogP contribution < -0.4 is 24.9 Å². The van der Waals surface area contributed by atoms with Gasteiger partial charge in [0.1, 0.15) is 17.8 Å². The fourth-order valence-corrected chi connectivity index (χ4v) is 2.93. The van der Waals surface area contributed by atoms with E-state index < -0.39 is 24.3 Å². The van der Waals surface area contributed by atoms with Gasteiger partial charge in [0, 0.05) is 29.8 Å². The van der Waals surface area contributed by atoms with E-state index in [0.29, 0.717) is 11.4 Å². The molecule has 4 aromatic rings. The van der Waals surface area contributed by atoms with Crippen LogP contribution in [-0.2, 0) is 16.1 Å². The molecule has 3 aromatic heterocycles. The number of pyridine rings is 2. The molecule has 0 fully saturated rings. The van der Waals surface area contributed by atoms with Crippen molar-refractivity contribution in [3.8, 4) is 11.3 Å². The molecule has 16 heteroatoms. The number of aromatic amines is 2. The molecule has 0 spiro atoms. The van der Waals surface area contributed by atoms with Gasteiger partial charge in [-0.05, 0) is 18.2 Å². The number of aromatic nitrogens is 3. The number of carboxylic acid groups (broad SMARTS) is 2. The first-order chi connectivity index (χ1) is 18.6. The molecule has 0 aliphatic carbocycles. The Bertz CT molecular complexity index is 1450. The molecule has 3 heterocycles. The number of carbonyl (C=O) groups is 3. The minimum Gasteiger partial charge on any atom is -0.542 e. The van der Waals surface area contributed by atoms with Gasteiger partial charge in [0.2, 0.25) is 0 Å². The van der Waals surface area contributed by atoms with Gasteiger partial charge in [-0.25, -0.2) is 14.4 Å². The number of halogens is 7. The maximum atomic E-state index is 13.8. The molecule has 0 aliphatic rings. The topological polar surface area (TPSA) is 143 Å². The smallest absolute Gasteiger partial charge is 0.430 e. The van der Waals surface area contributed by atoms with Crippen molar-refractivity contribution in [1.29, 1.82) is 0 Å². The number of aliphatic carboxylic acids is 2. The van der Waals surface area contributed by atoms with Crippen LogP contribution >= 0.6 is 0 Å². The number of nitrogens with zero attached hydrogens (tertiary/aromatic N) is 1. The molecule has 0 atom stereocenters. The summed E-state index contributed by atoms with van der Waals surface area (Å²) >= 11 is 0. The summed E-state index contributed by atoms with van der Waals surface area (Å²) in [6.07, 6.45) is -4.91. The van der Waals surface area contributed by atoms with E-state index in [2.05, 4.69) is 15.3 Å². The molecule has 0 saturated carbocycles. The molecular weight excluding hydrogens is 557 g/mol. The minimum atomic E-state index is -5.19. The maximum absolute atomic E-state index is 13.8. The number of carboxylic acids is 2. The number of fused-ring (bicyclic) bond motifs is 1. The van der Waals surface area contributed by atoms with E-state index in [1.807, 2.05) is 48.9 Å². The molecule has 0 aliphatic heterocycles. The Morgan fingerprint density at radius 2 is 1.38 bits per heavy atom. The third-order valence-corrected chi connectivity index (χ3v) is 4.68. The van der Waals surface area contributed by atoms with E-state index in [9.17, 15) is 35.5 Å². The molecule has 212 valence electrons. The Balaban J connectivity index is 0.000000333. The Hall–Kier alpha value is -5.02. The van der Waals surface area contributed by atoms with E-state index in [1.54, 1.807) is 22.6 Å². The molecule has 0 saturated heterocycles. The quantitative estimate of drug-likeness (QED) is 0.275. The highest BCUT2D eigenvalue weighted by Crippen LogP contribution is 2.20. The van der Waals surface area contributed by atoms with Crippen LogP contribution in [-0.4, -0.2) is 35.2 Å². The average Bonchev–Trinajstić information content (AvgIpc) is 3.28. The summed E-state index contributed by atoms with van der Waals surface area (Å²) in [6.45, 7) is 0.120. The lowest BCUT2D eigenvalue weighted by Crippen LogP contribution is -2.37. The number of imidazole rings is 1. The van der Waals surface area contributed by atoms with Gasteiger partial charge in [-0.1, -0.05) is 24.3 Å². The van der Waals surface area contributed by atoms with Crippen molar-refractivity contribution in [3.05, 3.63) is 90.4 Å². The SMILES string of the molecule is O=C(NCc1ccccc1F)c1[nH]c(-c2cc[nH+]cc2)c2cccc[n+]12.O=C([O-])C(F)(F)F.O=C([O-])C(F)(F)F. The van der Waals surface area contributed by atoms with Crippen molar-refractivity contribution in [1.82, 2.24) is 10.3 Å². The van der Waals surface area contributed by atoms with Gasteiger partial charge in [0.15, 0.2) is 23.6 Å². The van der Waals surface area contributed by atoms with Crippen LogP contribution in [0.2, 0.25) is 0 Å². The van der Waals surface area contributed by atoms with E-state index >= 15 is 0 Å². The first-order valence-corrected chi connectivity index (χ1v) is 10.7. The fourth-order valence-electron chi connectivity index (χ4n) is 2.93. The zero-order chi connectivity index (χ0) is 30.1. The van der Waals surface area contributed by atoms with Crippen LogP contribution in [0.5, 0.6) is 0 Å². The molecule has 0 unspecified atom stereocenters. The summed E-state index contributed by atoms with van der Waals surface area (Å²) in [7, 11) is 0. The van der Waals surface area contributed by atoms with Crippen molar-refractivity contribution < 1.29 is 64.7 Å². The zero-order valence-electron chi connectivity index (χ0n) is 19.8. The Morgan fingerprint density at radius 3 is 1.90 bits per heavy atom. The highest BCUT2D eigenvalue weighted by atomic mass is 19.4. The molecule has 1 amide bonds. The van der Waals surface area contributed by atoms with Crippen LogP contribution in [0.15, 0.2) is 73.2 Å². The first-order valence-electron chi connectivity index (χ1n) is 10.7. The molecular formula is C24H17F7N4O5. The van der Waals surface area contributed by atoms with Crippen molar-refractivity contribution in [2.75, 3.05) is 0 Å². The zero-order valence-corrected chi connectivity index (χ0v) is 19.8. The second kappa shape index (κ2) is 13.2. The van der Waals surface area contributed by atoms with Crippen LogP contribution in [0, 0.1) is 5.82 Å². The van der Waals surface area contributed by atoms with Gasteiger partial charge in [0.05, 0.1) is 6.20 Å². The van der Waals surface area contributed by atoms with Crippen molar-refractivity contribution in [2.45, 2.75) is 18.9 Å². The van der Waals surface area contributed by atoms with Gasteiger partial charge in [-0.2, -0.15) is 30.7 Å². The van der Waals surface area contributed by atoms with Crippen LogP contribution in [0.25, 0.3) is 16.8 Å². The monoisotopic (exact) mass is 574 g/mol. The summed E-state index contributed by atoms with van der Waals surface area (Å²) in [5.41, 5.74) is 3.13. The van der Waals surface area contributed by atoms with E-state index in [4.69, 9.17) is 19.8 Å². The molecule has 4 rings (SSSR count). The first kappa shape index (κ1) is 31.2. The van der Waals surface area contributed by atoms with Crippen molar-refractivity contribution >= 4 is 23.4 Å². The van der Waals surface area contributed by atoms with Crippen LogP contribution in [0.4, 0.5) is 30.7 Å². The predicted octanol–water partition coefficient (Wildman–Crippen LogP) is 0.901. The normalized spacial score (nSPS) is 11.0. The summed E-state index contributed by atoms with van der Waals surface area (Å²) in [5, 5.41) is 20.3. The second-order valence-electron chi connectivity index (χ2n) is 7.44. The molecule has 40 heavy (non-hydrogen) atoms. The van der Waals surface area contributed by atoms with Crippen molar-refractivity contribution in [2.24, 2.45) is 0 Å². The summed E-state index contributed by atoms with van der Waals surface area (Å²) in [4.78, 5) is 36.5. The molecule has 0 bridgehead atoms. The lowest BCUT2D eigenvalue weighted by Gasteiger charge is -2.03. The number of rotatable bonds is 4. The maximum Gasteiger partial charge on any atom is 0.430 e. The van der Waals surface area contributed by atoms with E-state index in [-0.39, 0.29) is 18.3 Å². The Morgan fingerprint density at radius 1 is 0.850 bits per heavy atom. The number of hydrogen-bond donors (Lipinski definition) is 2. The van der Waals surface area contributed by atoms with Gasteiger partial charge in [0.25, 0.3) is 0 Å². The molecule has 1 aromatic carbocycles. The summed E-state index contributed by atoms with van der Waals surface area (Å²) < 4.78 is 78.6. The third-order valence-electron chi connectivity index (χ3n) is 4.68. The van der Waals surface area contributed by atoms with Gasteiger partial charge in [-0.3, -0.25) is 4.79 Å². The molecule has 3 N–H and O–H groups in total. The number of nitrogens with one attached hydrogen (secondary N) is 3. The predicted molar refractivity (Wildman–Crippen MR) is 116 cm³/mol. The third kappa shape index (κ3) is 8.78. The van der Waals surface area contributed by atoms with E-state index in [0.717, 1.165) is 16.8 Å². The number of amides is 1.